The average molecular weight is 254 g/mol. The number of halogens is 1. The molecule has 17 heavy (non-hydrogen) atoms. The highest BCUT2D eigenvalue weighted by Gasteiger charge is 2.35. The summed E-state index contributed by atoms with van der Waals surface area (Å²) in [5.74, 6) is 0.579. The van der Waals surface area contributed by atoms with E-state index in [9.17, 15) is 0 Å². The quantitative estimate of drug-likeness (QED) is 0.876. The Kier molecular flexibility index (Phi) is 5.69. The molecule has 0 saturated heterocycles. The van der Waals surface area contributed by atoms with Gasteiger partial charge in [0.2, 0.25) is 0 Å². The molecule has 0 aromatic heterocycles. The van der Waals surface area contributed by atoms with Crippen LogP contribution in [0.1, 0.15) is 18.4 Å². The Morgan fingerprint density at radius 3 is 2.59 bits per heavy atom. The second-order valence-corrected chi connectivity index (χ2v) is 4.38. The molecule has 0 amide bonds. The lowest BCUT2D eigenvalue weighted by molar-refractivity contribution is 0.201. The molecule has 0 heterocycles. The molecule has 3 heteroatoms. The molecule has 1 fully saturated rings. The van der Waals surface area contributed by atoms with Gasteiger partial charge in [-0.3, -0.25) is 0 Å². The summed E-state index contributed by atoms with van der Waals surface area (Å²) in [5, 5.41) is 0. The molecule has 2 atom stereocenters. The van der Waals surface area contributed by atoms with E-state index in [0.717, 1.165) is 19.4 Å². The van der Waals surface area contributed by atoms with Crippen molar-refractivity contribution in [3.8, 4) is 0 Å². The van der Waals surface area contributed by atoms with Crippen molar-refractivity contribution in [2.45, 2.75) is 18.9 Å². The maximum absolute atomic E-state index is 5.91. The van der Waals surface area contributed by atoms with Crippen LogP contribution in [0.4, 0.5) is 0 Å². The summed E-state index contributed by atoms with van der Waals surface area (Å²) in [4.78, 5) is 0. The van der Waals surface area contributed by atoms with E-state index in [1.807, 2.05) is 6.07 Å². The summed E-state index contributed by atoms with van der Waals surface area (Å²) in [7, 11) is 1.74. The lowest BCUT2D eigenvalue weighted by Crippen LogP contribution is -2.05. The van der Waals surface area contributed by atoms with E-state index in [4.69, 9.17) is 10.5 Å². The summed E-state index contributed by atoms with van der Waals surface area (Å²) in [6.45, 7) is 0.780. The molecular weight excluding hydrogens is 234 g/mol. The van der Waals surface area contributed by atoms with Crippen molar-refractivity contribution < 1.29 is 4.74 Å². The number of ether oxygens (including phenoxy) is 1. The molecule has 1 aromatic rings. The van der Waals surface area contributed by atoms with Crippen LogP contribution in [0.5, 0.6) is 0 Å². The maximum atomic E-state index is 5.91. The van der Waals surface area contributed by atoms with Crippen LogP contribution < -0.4 is 5.73 Å². The van der Waals surface area contributed by atoms with Gasteiger partial charge in [-0.15, -0.1) is 12.4 Å². The summed E-state index contributed by atoms with van der Waals surface area (Å²) in [6, 6.07) is 10.8. The van der Waals surface area contributed by atoms with Gasteiger partial charge >= 0.3 is 0 Å². The van der Waals surface area contributed by atoms with E-state index in [2.05, 4.69) is 30.3 Å². The van der Waals surface area contributed by atoms with Crippen molar-refractivity contribution >= 4 is 18.5 Å². The van der Waals surface area contributed by atoms with Crippen molar-refractivity contribution in [1.29, 1.82) is 0 Å². The van der Waals surface area contributed by atoms with Gasteiger partial charge in [-0.25, -0.2) is 0 Å². The highest BCUT2D eigenvalue weighted by Crippen LogP contribution is 2.38. The maximum Gasteiger partial charge on any atom is 0.0499 e. The van der Waals surface area contributed by atoms with Crippen molar-refractivity contribution in [1.82, 2.24) is 0 Å². The smallest absolute Gasteiger partial charge is 0.0499 e. The third kappa shape index (κ3) is 4.15. The minimum absolute atomic E-state index is 0. The molecule has 1 aromatic carbocycles. The third-order valence-electron chi connectivity index (χ3n) is 3.06. The molecular formula is C14H20ClNO. The summed E-state index contributed by atoms with van der Waals surface area (Å²) >= 11 is 0. The lowest BCUT2D eigenvalue weighted by atomic mass is 10.0. The molecule has 1 saturated carbocycles. The Bertz CT molecular complexity index is 364. The molecule has 0 aliphatic heterocycles. The minimum atomic E-state index is 0. The molecule has 1 aliphatic carbocycles. The zero-order valence-corrected chi connectivity index (χ0v) is 11.0. The fraction of sp³-hybridized carbons (Fsp3) is 0.429. The minimum Gasteiger partial charge on any atom is -0.384 e. The van der Waals surface area contributed by atoms with Crippen LogP contribution in [0.25, 0.3) is 6.08 Å². The highest BCUT2D eigenvalue weighted by atomic mass is 35.5. The molecule has 1 aliphatic rings. The van der Waals surface area contributed by atoms with Gasteiger partial charge < -0.3 is 10.5 Å². The van der Waals surface area contributed by atoms with Crippen LogP contribution in [0.3, 0.4) is 0 Å². The zero-order chi connectivity index (χ0) is 11.4. The Hall–Kier alpha value is -0.830. The molecule has 0 spiro atoms. The second kappa shape index (κ2) is 6.80. The number of hydrogen-bond donors (Lipinski definition) is 1. The Balaban J connectivity index is 0.00000144. The van der Waals surface area contributed by atoms with Gasteiger partial charge in [0.1, 0.15) is 0 Å². The molecule has 0 bridgehead atoms. The number of hydrogen-bond acceptors (Lipinski definition) is 2. The fourth-order valence-electron chi connectivity index (χ4n) is 1.99. The third-order valence-corrected chi connectivity index (χ3v) is 3.06. The van der Waals surface area contributed by atoms with E-state index in [1.54, 1.807) is 7.11 Å². The predicted octanol–water partition coefficient (Wildman–Crippen LogP) is 2.88. The molecule has 2 unspecified atom stereocenters. The van der Waals surface area contributed by atoms with Crippen molar-refractivity contribution in [2.75, 3.05) is 13.7 Å². The van der Waals surface area contributed by atoms with Gasteiger partial charge in [0, 0.05) is 19.8 Å². The van der Waals surface area contributed by atoms with Crippen molar-refractivity contribution in [3.63, 3.8) is 0 Å². The van der Waals surface area contributed by atoms with Gasteiger partial charge in [0.15, 0.2) is 0 Å². The van der Waals surface area contributed by atoms with Crippen LogP contribution in [0, 0.1) is 5.92 Å². The van der Waals surface area contributed by atoms with Crippen molar-refractivity contribution in [3.05, 3.63) is 41.5 Å². The number of nitrogens with two attached hydrogens (primary N) is 1. The molecule has 2 nitrogen and oxygen atoms in total. The normalized spacial score (nSPS) is 23.1. The van der Waals surface area contributed by atoms with Crippen LogP contribution >= 0.6 is 12.4 Å². The van der Waals surface area contributed by atoms with E-state index >= 15 is 0 Å². The number of benzene rings is 1. The van der Waals surface area contributed by atoms with Crippen LogP contribution in [0.15, 0.2) is 35.9 Å². The van der Waals surface area contributed by atoms with Crippen LogP contribution in [-0.4, -0.2) is 19.8 Å². The fourth-order valence-corrected chi connectivity index (χ4v) is 1.99. The van der Waals surface area contributed by atoms with E-state index in [-0.39, 0.29) is 12.4 Å². The first-order valence-electron chi connectivity index (χ1n) is 5.81. The van der Waals surface area contributed by atoms with Gasteiger partial charge in [0.05, 0.1) is 0 Å². The van der Waals surface area contributed by atoms with Gasteiger partial charge in [-0.2, -0.15) is 0 Å². The Labute approximate surface area is 109 Å². The first-order valence-corrected chi connectivity index (χ1v) is 5.81. The predicted molar refractivity (Wildman–Crippen MR) is 74.2 cm³/mol. The SMILES string of the molecule is COCC/C(=C\c1ccccc1)C1CC1N.Cl. The monoisotopic (exact) mass is 253 g/mol. The van der Waals surface area contributed by atoms with Crippen LogP contribution in [-0.2, 0) is 4.74 Å². The number of methoxy groups -OCH3 is 1. The zero-order valence-electron chi connectivity index (χ0n) is 10.1. The number of rotatable bonds is 5. The van der Waals surface area contributed by atoms with Crippen LogP contribution in [0.2, 0.25) is 0 Å². The lowest BCUT2D eigenvalue weighted by Gasteiger charge is -2.06. The van der Waals surface area contributed by atoms with E-state index in [0.29, 0.717) is 12.0 Å². The molecule has 0 radical (unpaired) electrons. The average Bonchev–Trinajstić information content (AvgIpc) is 3.03. The second-order valence-electron chi connectivity index (χ2n) is 4.38. The topological polar surface area (TPSA) is 35.2 Å². The van der Waals surface area contributed by atoms with Gasteiger partial charge in [-0.05, 0) is 24.3 Å². The summed E-state index contributed by atoms with van der Waals surface area (Å²) in [6.07, 6.45) is 4.38. The van der Waals surface area contributed by atoms with Gasteiger partial charge in [-0.1, -0.05) is 42.0 Å². The largest absolute Gasteiger partial charge is 0.384 e. The Morgan fingerprint density at radius 2 is 2.06 bits per heavy atom. The van der Waals surface area contributed by atoms with E-state index in [1.165, 1.54) is 11.1 Å². The first-order chi connectivity index (χ1) is 7.81. The van der Waals surface area contributed by atoms with Gasteiger partial charge in [0.25, 0.3) is 0 Å². The molecule has 2 rings (SSSR count). The summed E-state index contributed by atoms with van der Waals surface area (Å²) in [5.41, 5.74) is 8.60. The first kappa shape index (κ1) is 14.2. The van der Waals surface area contributed by atoms with E-state index < -0.39 is 0 Å². The highest BCUT2D eigenvalue weighted by molar-refractivity contribution is 5.85. The summed E-state index contributed by atoms with van der Waals surface area (Å²) < 4.78 is 5.14. The standard InChI is InChI=1S/C14H19NO.ClH/c1-16-8-7-12(13-10-14(13)15)9-11-5-3-2-4-6-11;/h2-6,9,13-14H,7-8,10,15H2,1H3;1H/b12-9+;. The molecule has 94 valence electrons. The molecule has 2 N–H and O–H groups in total. The Morgan fingerprint density at radius 1 is 1.41 bits per heavy atom. The van der Waals surface area contributed by atoms with Crippen molar-refractivity contribution in [2.24, 2.45) is 11.7 Å².